The van der Waals surface area contributed by atoms with Crippen molar-refractivity contribution in [3.8, 4) is 0 Å². The number of fused-ring (bicyclic) bond motifs is 1. The molecule has 0 radical (unpaired) electrons. The number of β-lactam (4-membered cyclic amide) rings is 1. The summed E-state index contributed by atoms with van der Waals surface area (Å²) in [5.41, 5.74) is -0.395. The summed E-state index contributed by atoms with van der Waals surface area (Å²) in [5.74, 6) is -1.50. The van der Waals surface area contributed by atoms with E-state index in [4.69, 9.17) is 4.74 Å². The van der Waals surface area contributed by atoms with Crippen LogP contribution in [-0.2, 0) is 23.9 Å². The molecule has 2 aliphatic heterocycles. The first-order chi connectivity index (χ1) is 11.4. The van der Waals surface area contributed by atoms with Crippen LogP contribution >= 0.6 is 23.5 Å². The molecule has 25 heavy (non-hydrogen) atoms. The van der Waals surface area contributed by atoms with Gasteiger partial charge in [-0.2, -0.15) is 11.8 Å². The van der Waals surface area contributed by atoms with Crippen molar-refractivity contribution in [2.24, 2.45) is 5.41 Å². The summed E-state index contributed by atoms with van der Waals surface area (Å²) < 4.78 is 4.40. The second-order valence-electron chi connectivity index (χ2n) is 7.65. The quantitative estimate of drug-likeness (QED) is 0.317. The van der Waals surface area contributed by atoms with Crippen molar-refractivity contribution in [3.05, 3.63) is 11.6 Å². The number of allylic oxidation sites excluding steroid dienone is 1. The number of rotatable bonds is 4. The summed E-state index contributed by atoms with van der Waals surface area (Å²) in [6.45, 7) is 8.64. The SMILES string of the molecule is CSCC(=O)C=C1C(=O)N2[C@@H]1SC(C)(C)[C@@H]2C(=O)OC(=O)C(C)(C)C. The molecule has 2 fully saturated rings. The van der Waals surface area contributed by atoms with Crippen molar-refractivity contribution in [2.75, 3.05) is 12.0 Å². The first kappa shape index (κ1) is 20.0. The summed E-state index contributed by atoms with van der Waals surface area (Å²) in [7, 11) is 0. The molecule has 2 heterocycles. The van der Waals surface area contributed by atoms with Crippen LogP contribution in [0, 0.1) is 5.41 Å². The molecule has 0 aromatic heterocycles. The lowest BCUT2D eigenvalue weighted by Gasteiger charge is -2.39. The van der Waals surface area contributed by atoms with Crippen molar-refractivity contribution < 1.29 is 23.9 Å². The van der Waals surface area contributed by atoms with E-state index in [-0.39, 0.29) is 17.1 Å². The monoisotopic (exact) mass is 385 g/mol. The second kappa shape index (κ2) is 6.79. The molecule has 0 N–H and O–H groups in total. The lowest BCUT2D eigenvalue weighted by atomic mass is 9.94. The molecular weight excluding hydrogens is 362 g/mol. The highest BCUT2D eigenvalue weighted by molar-refractivity contribution is 8.02. The Morgan fingerprint density at radius 3 is 2.44 bits per heavy atom. The average Bonchev–Trinajstić information content (AvgIpc) is 2.72. The average molecular weight is 386 g/mol. The van der Waals surface area contributed by atoms with Crippen molar-refractivity contribution in [1.29, 1.82) is 0 Å². The van der Waals surface area contributed by atoms with Gasteiger partial charge < -0.3 is 9.64 Å². The Labute approximate surface area is 156 Å². The fourth-order valence-corrected chi connectivity index (χ4v) is 4.60. The van der Waals surface area contributed by atoms with E-state index in [0.29, 0.717) is 11.3 Å². The van der Waals surface area contributed by atoms with E-state index in [2.05, 4.69) is 0 Å². The number of carbonyl (C=O) groups excluding carboxylic acids is 4. The third-order valence-corrected chi connectivity index (χ3v) is 6.09. The minimum atomic E-state index is -0.853. The molecule has 0 aromatic rings. The van der Waals surface area contributed by atoms with E-state index in [0.717, 1.165) is 0 Å². The zero-order valence-corrected chi connectivity index (χ0v) is 16.9. The largest absolute Gasteiger partial charge is 0.391 e. The smallest absolute Gasteiger partial charge is 0.338 e. The van der Waals surface area contributed by atoms with Gasteiger partial charge in [-0.25, -0.2) is 4.79 Å². The van der Waals surface area contributed by atoms with Gasteiger partial charge >= 0.3 is 11.9 Å². The lowest BCUT2D eigenvalue weighted by Crippen LogP contribution is -2.59. The molecule has 2 atom stereocenters. The van der Waals surface area contributed by atoms with Gasteiger partial charge in [-0.05, 0) is 47.0 Å². The molecule has 0 unspecified atom stereocenters. The number of nitrogens with zero attached hydrogens (tertiary/aromatic N) is 1. The van der Waals surface area contributed by atoms with Gasteiger partial charge in [-0.1, -0.05) is 0 Å². The topological polar surface area (TPSA) is 80.8 Å². The molecule has 0 aliphatic carbocycles. The van der Waals surface area contributed by atoms with E-state index in [1.807, 2.05) is 20.1 Å². The molecule has 0 saturated carbocycles. The van der Waals surface area contributed by atoms with Gasteiger partial charge in [0.2, 0.25) is 0 Å². The van der Waals surface area contributed by atoms with Gasteiger partial charge in [-0.15, -0.1) is 11.8 Å². The van der Waals surface area contributed by atoms with Crippen LogP contribution in [0.25, 0.3) is 0 Å². The number of hydrogen-bond acceptors (Lipinski definition) is 7. The van der Waals surface area contributed by atoms with Crippen LogP contribution in [0.4, 0.5) is 0 Å². The van der Waals surface area contributed by atoms with Crippen LogP contribution in [0.5, 0.6) is 0 Å². The Morgan fingerprint density at radius 2 is 1.92 bits per heavy atom. The summed E-state index contributed by atoms with van der Waals surface area (Å²) in [6.07, 6.45) is 3.19. The van der Waals surface area contributed by atoms with Gasteiger partial charge in [0.1, 0.15) is 11.4 Å². The van der Waals surface area contributed by atoms with Crippen LogP contribution < -0.4 is 0 Å². The summed E-state index contributed by atoms with van der Waals surface area (Å²) in [5, 5.41) is -0.351. The van der Waals surface area contributed by atoms with Crippen molar-refractivity contribution in [3.63, 3.8) is 0 Å². The van der Waals surface area contributed by atoms with Crippen LogP contribution in [0.2, 0.25) is 0 Å². The third-order valence-electron chi connectivity index (χ3n) is 3.98. The Bertz CT molecular complexity index is 662. The van der Waals surface area contributed by atoms with E-state index >= 15 is 0 Å². The van der Waals surface area contributed by atoms with Gasteiger partial charge in [0.15, 0.2) is 5.78 Å². The van der Waals surface area contributed by atoms with Gasteiger partial charge in [0.05, 0.1) is 16.7 Å². The molecule has 1 amide bonds. The maximum absolute atomic E-state index is 12.5. The number of ether oxygens (including phenoxy) is 1. The van der Waals surface area contributed by atoms with E-state index in [1.165, 1.54) is 34.5 Å². The van der Waals surface area contributed by atoms with Crippen LogP contribution in [0.1, 0.15) is 34.6 Å². The van der Waals surface area contributed by atoms with E-state index in [9.17, 15) is 19.2 Å². The number of carbonyl (C=O) groups is 4. The number of hydrogen-bond donors (Lipinski definition) is 0. The fraction of sp³-hybridized carbons (Fsp3) is 0.647. The number of esters is 2. The molecule has 8 heteroatoms. The molecule has 2 rings (SSSR count). The van der Waals surface area contributed by atoms with Gasteiger partial charge in [-0.3, -0.25) is 14.4 Å². The summed E-state index contributed by atoms with van der Waals surface area (Å²) in [4.78, 5) is 50.2. The van der Waals surface area contributed by atoms with Crippen molar-refractivity contribution >= 4 is 47.2 Å². The molecule has 138 valence electrons. The minimum absolute atomic E-state index is 0.122. The summed E-state index contributed by atoms with van der Waals surface area (Å²) in [6, 6.07) is -0.853. The zero-order valence-electron chi connectivity index (χ0n) is 15.2. The zero-order chi connectivity index (χ0) is 19.2. The normalized spacial score (nSPS) is 26.2. The molecule has 0 bridgehead atoms. The van der Waals surface area contributed by atoms with Gasteiger partial charge in [0.25, 0.3) is 5.91 Å². The predicted molar refractivity (Wildman–Crippen MR) is 98.1 cm³/mol. The molecule has 0 aromatic carbocycles. The predicted octanol–water partition coefficient (Wildman–Crippen LogP) is 2.02. The Kier molecular flexibility index (Phi) is 5.45. The molecule has 2 aliphatic rings. The highest BCUT2D eigenvalue weighted by Gasteiger charge is 2.62. The number of thioether (sulfide) groups is 2. The Balaban J connectivity index is 2.20. The third kappa shape index (κ3) is 3.79. The number of ketones is 1. The Morgan fingerprint density at radius 1 is 1.32 bits per heavy atom. The first-order valence-electron chi connectivity index (χ1n) is 7.90. The standard InChI is InChI=1S/C17H23NO5S2/c1-16(2,3)15(22)23-14(21)11-17(4,5)25-13-10(12(20)18(11)13)7-9(19)8-24-6/h7,11,13H,8H2,1-6H3/t11-,13+/m0/s1. The van der Waals surface area contributed by atoms with Crippen LogP contribution in [0.15, 0.2) is 11.6 Å². The summed E-state index contributed by atoms with van der Waals surface area (Å²) >= 11 is 2.82. The molecule has 0 spiro atoms. The molecular formula is C17H23NO5S2. The minimum Gasteiger partial charge on any atom is -0.391 e. The number of amides is 1. The van der Waals surface area contributed by atoms with Crippen molar-refractivity contribution in [2.45, 2.75) is 50.8 Å². The van der Waals surface area contributed by atoms with Crippen LogP contribution in [0.3, 0.4) is 0 Å². The Hall–Kier alpha value is -1.28. The maximum atomic E-state index is 12.5. The van der Waals surface area contributed by atoms with Crippen LogP contribution in [-0.4, -0.2) is 56.7 Å². The lowest BCUT2D eigenvalue weighted by molar-refractivity contribution is -0.171. The highest BCUT2D eigenvalue weighted by Crippen LogP contribution is 2.53. The fourth-order valence-electron chi connectivity index (χ4n) is 2.69. The molecule has 2 saturated heterocycles. The van der Waals surface area contributed by atoms with E-state index in [1.54, 1.807) is 20.8 Å². The first-order valence-corrected chi connectivity index (χ1v) is 10.2. The highest BCUT2D eigenvalue weighted by atomic mass is 32.2. The van der Waals surface area contributed by atoms with Crippen molar-refractivity contribution in [1.82, 2.24) is 4.90 Å². The van der Waals surface area contributed by atoms with Gasteiger partial charge in [0, 0.05) is 4.75 Å². The van der Waals surface area contributed by atoms with E-state index < -0.39 is 28.1 Å². The maximum Gasteiger partial charge on any atom is 0.338 e. The molecule has 6 nitrogen and oxygen atoms in total. The second-order valence-corrected chi connectivity index (χ2v) is 10.2.